The molecule has 0 spiro atoms. The van der Waals surface area contributed by atoms with Gasteiger partial charge < -0.3 is 13.9 Å². The molecule has 30 heavy (non-hydrogen) atoms. The molecule has 0 aliphatic carbocycles. The van der Waals surface area contributed by atoms with E-state index in [4.69, 9.17) is 13.9 Å². The second kappa shape index (κ2) is 8.72. The van der Waals surface area contributed by atoms with E-state index in [-0.39, 0.29) is 24.7 Å². The van der Waals surface area contributed by atoms with Crippen molar-refractivity contribution in [2.75, 3.05) is 6.61 Å². The van der Waals surface area contributed by atoms with Crippen molar-refractivity contribution in [2.24, 2.45) is 0 Å². The van der Waals surface area contributed by atoms with Gasteiger partial charge in [-0.1, -0.05) is 15.9 Å². The molecular weight excluding hydrogens is 474 g/mol. The molecule has 0 atom stereocenters. The fourth-order valence-electron chi connectivity index (χ4n) is 2.72. The van der Waals surface area contributed by atoms with Crippen LogP contribution in [0.4, 0.5) is 0 Å². The summed E-state index contributed by atoms with van der Waals surface area (Å²) in [6.45, 7) is 1.72. The monoisotopic (exact) mass is 487 g/mol. The molecule has 10 heteroatoms. The van der Waals surface area contributed by atoms with Crippen LogP contribution < -0.4 is 0 Å². The first-order valence-corrected chi connectivity index (χ1v) is 10.5. The van der Waals surface area contributed by atoms with E-state index in [1.54, 1.807) is 49.0 Å². The maximum absolute atomic E-state index is 12.5. The Hall–Kier alpha value is -3.11. The quantitative estimate of drug-likeness (QED) is 0.362. The Morgan fingerprint density at radius 1 is 1.17 bits per heavy atom. The molecule has 0 saturated heterocycles. The molecule has 3 aromatic heterocycles. The van der Waals surface area contributed by atoms with E-state index in [0.717, 1.165) is 4.47 Å². The van der Waals surface area contributed by atoms with Crippen molar-refractivity contribution in [2.45, 2.75) is 13.5 Å². The molecule has 4 rings (SSSR count). The van der Waals surface area contributed by atoms with Gasteiger partial charge in [-0.2, -0.15) is 0 Å². The average molecular weight is 488 g/mol. The summed E-state index contributed by atoms with van der Waals surface area (Å²) >= 11 is 4.64. The Labute approximate surface area is 183 Å². The lowest BCUT2D eigenvalue weighted by Crippen LogP contribution is -2.10. The van der Waals surface area contributed by atoms with Crippen molar-refractivity contribution in [3.8, 4) is 10.8 Å². The largest absolute Gasteiger partial charge is 0.460 e. The zero-order valence-electron chi connectivity index (χ0n) is 15.6. The Kier molecular flexibility index (Phi) is 5.86. The maximum Gasteiger partial charge on any atom is 0.374 e. The van der Waals surface area contributed by atoms with Gasteiger partial charge in [0.05, 0.1) is 12.2 Å². The second-order valence-corrected chi connectivity index (χ2v) is 7.73. The topological polar surface area (TPSA) is 104 Å². The molecule has 3 heterocycles. The minimum Gasteiger partial charge on any atom is -0.460 e. The SMILES string of the molecule is CCOC(=O)c1oc2ccc(Br)cc2c1COC(=O)c1csc(-c2ncccn2)n1. The Bertz CT molecular complexity index is 1220. The first-order chi connectivity index (χ1) is 14.6. The molecule has 0 radical (unpaired) electrons. The average Bonchev–Trinajstić information content (AvgIpc) is 3.38. The molecule has 4 aromatic rings. The Morgan fingerprint density at radius 3 is 2.73 bits per heavy atom. The van der Waals surface area contributed by atoms with Crippen LogP contribution in [0.3, 0.4) is 0 Å². The van der Waals surface area contributed by atoms with Gasteiger partial charge in [-0.25, -0.2) is 24.5 Å². The van der Waals surface area contributed by atoms with Gasteiger partial charge in [-0.15, -0.1) is 11.3 Å². The molecule has 152 valence electrons. The van der Waals surface area contributed by atoms with Crippen LogP contribution in [0.25, 0.3) is 21.8 Å². The molecule has 0 fully saturated rings. The molecule has 0 saturated carbocycles. The second-order valence-electron chi connectivity index (χ2n) is 5.96. The van der Waals surface area contributed by atoms with Crippen LogP contribution in [0.2, 0.25) is 0 Å². The van der Waals surface area contributed by atoms with Gasteiger partial charge in [-0.05, 0) is 31.2 Å². The van der Waals surface area contributed by atoms with Crippen LogP contribution in [0, 0.1) is 0 Å². The molecule has 8 nitrogen and oxygen atoms in total. The number of halogens is 1. The lowest BCUT2D eigenvalue weighted by Gasteiger charge is -2.04. The molecule has 0 unspecified atom stereocenters. The Morgan fingerprint density at radius 2 is 1.97 bits per heavy atom. The highest BCUT2D eigenvalue weighted by Gasteiger charge is 2.24. The predicted octanol–water partition coefficient (Wildman–Crippen LogP) is 4.64. The van der Waals surface area contributed by atoms with Crippen LogP contribution >= 0.6 is 27.3 Å². The molecule has 0 aliphatic rings. The van der Waals surface area contributed by atoms with Crippen molar-refractivity contribution in [1.82, 2.24) is 15.0 Å². The summed E-state index contributed by atoms with van der Waals surface area (Å²) in [5.74, 6) is -0.813. The Balaban J connectivity index is 1.58. The van der Waals surface area contributed by atoms with Gasteiger partial charge in [0.15, 0.2) is 16.5 Å². The van der Waals surface area contributed by atoms with E-state index in [1.165, 1.54) is 11.3 Å². The third-order valence-corrected chi connectivity index (χ3v) is 5.36. The van der Waals surface area contributed by atoms with Gasteiger partial charge in [0.1, 0.15) is 12.2 Å². The molecule has 0 N–H and O–H groups in total. The lowest BCUT2D eigenvalue weighted by molar-refractivity contribution is 0.0432. The summed E-state index contributed by atoms with van der Waals surface area (Å²) in [6, 6.07) is 7.00. The van der Waals surface area contributed by atoms with Crippen LogP contribution in [-0.4, -0.2) is 33.5 Å². The number of ether oxygens (including phenoxy) is 2. The fourth-order valence-corrected chi connectivity index (χ4v) is 3.81. The summed E-state index contributed by atoms with van der Waals surface area (Å²) in [5, 5.41) is 2.73. The molecule has 0 aliphatic heterocycles. The summed E-state index contributed by atoms with van der Waals surface area (Å²) in [4.78, 5) is 37.3. The molecule has 1 aromatic carbocycles. The van der Waals surface area contributed by atoms with Crippen LogP contribution in [0.1, 0.15) is 33.5 Å². The highest BCUT2D eigenvalue weighted by atomic mass is 79.9. The predicted molar refractivity (Wildman–Crippen MR) is 112 cm³/mol. The summed E-state index contributed by atoms with van der Waals surface area (Å²) in [5.41, 5.74) is 1.05. The zero-order valence-corrected chi connectivity index (χ0v) is 18.0. The third-order valence-electron chi connectivity index (χ3n) is 4.03. The lowest BCUT2D eigenvalue weighted by atomic mass is 10.1. The zero-order chi connectivity index (χ0) is 21.1. The van der Waals surface area contributed by atoms with Crippen LogP contribution in [0.15, 0.2) is 50.9 Å². The van der Waals surface area contributed by atoms with Crippen molar-refractivity contribution < 1.29 is 23.5 Å². The van der Waals surface area contributed by atoms with Crippen molar-refractivity contribution in [1.29, 1.82) is 0 Å². The number of aromatic nitrogens is 3. The van der Waals surface area contributed by atoms with Gasteiger partial charge in [0, 0.05) is 27.6 Å². The molecule has 0 bridgehead atoms. The van der Waals surface area contributed by atoms with Crippen LogP contribution in [-0.2, 0) is 16.1 Å². The van der Waals surface area contributed by atoms with Gasteiger partial charge >= 0.3 is 11.9 Å². The number of benzene rings is 1. The highest BCUT2D eigenvalue weighted by molar-refractivity contribution is 9.10. The number of carbonyl (C=O) groups is 2. The minimum atomic E-state index is -0.632. The van der Waals surface area contributed by atoms with E-state index in [0.29, 0.717) is 27.4 Å². The minimum absolute atomic E-state index is 0.00871. The van der Waals surface area contributed by atoms with Crippen LogP contribution in [0.5, 0.6) is 0 Å². The first kappa shape index (κ1) is 20.2. The van der Waals surface area contributed by atoms with E-state index in [1.807, 2.05) is 0 Å². The fraction of sp³-hybridized carbons (Fsp3) is 0.150. The summed E-state index contributed by atoms with van der Waals surface area (Å²) < 4.78 is 16.9. The molecule has 0 amide bonds. The molecular formula is C20H14BrN3O5S. The van der Waals surface area contributed by atoms with Gasteiger partial charge in [0.25, 0.3) is 0 Å². The maximum atomic E-state index is 12.5. The third kappa shape index (κ3) is 4.10. The summed E-state index contributed by atoms with van der Waals surface area (Å²) in [6.07, 6.45) is 3.20. The van der Waals surface area contributed by atoms with E-state index >= 15 is 0 Å². The smallest absolute Gasteiger partial charge is 0.374 e. The number of carbonyl (C=O) groups excluding carboxylic acids is 2. The highest BCUT2D eigenvalue weighted by Crippen LogP contribution is 2.30. The number of hydrogen-bond donors (Lipinski definition) is 0. The number of rotatable bonds is 6. The number of fused-ring (bicyclic) bond motifs is 1. The van der Waals surface area contributed by atoms with E-state index in [9.17, 15) is 9.59 Å². The van der Waals surface area contributed by atoms with Crippen molar-refractivity contribution in [3.05, 3.63) is 63.5 Å². The number of esters is 2. The normalized spacial score (nSPS) is 10.9. The van der Waals surface area contributed by atoms with E-state index in [2.05, 4.69) is 30.9 Å². The van der Waals surface area contributed by atoms with E-state index < -0.39 is 11.9 Å². The van der Waals surface area contributed by atoms with Crippen molar-refractivity contribution in [3.63, 3.8) is 0 Å². The summed E-state index contributed by atoms with van der Waals surface area (Å²) in [7, 11) is 0. The standard InChI is InChI=1S/C20H14BrN3O5S/c1-2-27-20(26)16-13(12-8-11(21)4-5-15(12)29-16)9-28-19(25)14-10-30-18(24-14)17-22-6-3-7-23-17/h3-8,10H,2,9H2,1H3. The van der Waals surface area contributed by atoms with Gasteiger partial charge in [-0.3, -0.25) is 0 Å². The van der Waals surface area contributed by atoms with Gasteiger partial charge in [0.2, 0.25) is 5.76 Å². The number of hydrogen-bond acceptors (Lipinski definition) is 9. The number of furan rings is 1. The van der Waals surface area contributed by atoms with Crippen molar-refractivity contribution >= 4 is 50.2 Å². The first-order valence-electron chi connectivity index (χ1n) is 8.85. The number of nitrogens with zero attached hydrogens (tertiary/aromatic N) is 3. The number of thiazole rings is 1.